The number of alkyl halides is 1. The molecule has 3 saturated heterocycles. The number of sulfone groups is 1. The molecule has 0 unspecified atom stereocenters. The highest BCUT2D eigenvalue weighted by Crippen LogP contribution is 2.39. The number of methoxy groups -OCH3 is 1. The van der Waals surface area contributed by atoms with E-state index in [0.717, 1.165) is 22.0 Å². The second kappa shape index (κ2) is 13.4. The summed E-state index contributed by atoms with van der Waals surface area (Å²) in [5.41, 5.74) is 1.95. The van der Waals surface area contributed by atoms with Crippen LogP contribution in [0.1, 0.15) is 24.8 Å². The third-order valence-corrected chi connectivity index (χ3v) is 9.83. The molecule has 0 radical (unpaired) electrons. The number of rotatable bonds is 9. The van der Waals surface area contributed by atoms with E-state index in [1.807, 2.05) is 17.0 Å². The second-order valence-electron chi connectivity index (χ2n) is 12.1. The fourth-order valence-electron chi connectivity index (χ4n) is 6.57. The van der Waals surface area contributed by atoms with Crippen molar-refractivity contribution < 1.29 is 27.1 Å². The largest absolute Gasteiger partial charge is 0.379 e. The number of ether oxygens (including phenoxy) is 2. The molecule has 3 aliphatic rings. The quantitative estimate of drug-likeness (QED) is 0.330. The van der Waals surface area contributed by atoms with Crippen molar-refractivity contribution in [3.63, 3.8) is 0 Å². The molecule has 1 aromatic carbocycles. The monoisotopic (exact) mass is 651 g/mol. The van der Waals surface area contributed by atoms with Gasteiger partial charge >= 0.3 is 0 Å². The van der Waals surface area contributed by atoms with Gasteiger partial charge in [-0.25, -0.2) is 22.8 Å². The number of carbonyl (C=O) groups is 1. The molecule has 2 aromatic heterocycles. The SMILES string of the molecule is CC#CC(=O)N[C@H]1COC[C@@H]1c1ccc(N2CC(CS(C)(=O)=O)C2)c2cnc(Nc3ccnc(N4CC[C@@H](OC)[C@@H](F)C4)n3)cc12. The third-order valence-electron chi connectivity index (χ3n) is 8.75. The highest BCUT2D eigenvalue weighted by atomic mass is 32.2. The highest BCUT2D eigenvalue weighted by Gasteiger charge is 2.35. The number of nitrogens with zero attached hydrogens (tertiary/aromatic N) is 5. The molecule has 2 N–H and O–H groups in total. The van der Waals surface area contributed by atoms with Gasteiger partial charge in [-0.3, -0.25) is 4.79 Å². The van der Waals surface area contributed by atoms with Gasteiger partial charge in [0.05, 0.1) is 37.7 Å². The van der Waals surface area contributed by atoms with Gasteiger partial charge in [-0.05, 0) is 48.4 Å². The maximum absolute atomic E-state index is 14.6. The second-order valence-corrected chi connectivity index (χ2v) is 14.3. The molecule has 3 aliphatic heterocycles. The standard InChI is InChI=1S/C32H38FN7O5S/c1-4-5-31(41)36-26-18-45-17-24(26)21-6-7-27(40-14-20(15-40)19-46(3,42)43)23-13-35-30(12-22(21)23)37-29-8-10-34-32(38-29)39-11-9-28(44-2)25(33)16-39/h6-8,10,12-13,20,24-26,28H,9,11,14-19H2,1-3H3,(H,36,41)(H,34,35,37,38)/t24-,25+,26+,28-/m1/s1. The minimum absolute atomic E-state index is 0.0704. The van der Waals surface area contributed by atoms with E-state index in [-0.39, 0.29) is 36.1 Å². The van der Waals surface area contributed by atoms with E-state index in [4.69, 9.17) is 14.5 Å². The molecule has 1 amide bonds. The van der Waals surface area contributed by atoms with Crippen LogP contribution in [-0.4, -0.2) is 106 Å². The van der Waals surface area contributed by atoms with E-state index in [2.05, 4.69) is 43.4 Å². The zero-order chi connectivity index (χ0) is 32.4. The smallest absolute Gasteiger partial charge is 0.296 e. The van der Waals surface area contributed by atoms with Crippen molar-refractivity contribution in [1.29, 1.82) is 0 Å². The topological polar surface area (TPSA) is 139 Å². The number of piperidine rings is 1. The number of amides is 1. The summed E-state index contributed by atoms with van der Waals surface area (Å²) in [6, 6.07) is 7.51. The van der Waals surface area contributed by atoms with Gasteiger partial charge in [0.25, 0.3) is 5.91 Å². The summed E-state index contributed by atoms with van der Waals surface area (Å²) < 4.78 is 49.3. The molecule has 14 heteroatoms. The summed E-state index contributed by atoms with van der Waals surface area (Å²) in [5, 5.41) is 8.11. The molecule has 6 rings (SSSR count). The fourth-order valence-corrected chi connectivity index (χ4v) is 7.63. The maximum atomic E-state index is 14.6. The fraction of sp³-hybridized carbons (Fsp3) is 0.500. The lowest BCUT2D eigenvalue weighted by Gasteiger charge is -2.41. The molecular weight excluding hydrogens is 613 g/mol. The first-order chi connectivity index (χ1) is 22.1. The van der Waals surface area contributed by atoms with Gasteiger partial charge < -0.3 is 29.9 Å². The maximum Gasteiger partial charge on any atom is 0.296 e. The predicted molar refractivity (Wildman–Crippen MR) is 174 cm³/mol. The van der Waals surface area contributed by atoms with Crippen molar-refractivity contribution in [1.82, 2.24) is 20.3 Å². The van der Waals surface area contributed by atoms with Crippen LogP contribution in [0.4, 0.5) is 27.7 Å². The Morgan fingerprint density at radius 1 is 1.13 bits per heavy atom. The Bertz CT molecular complexity index is 1780. The molecule has 3 aromatic rings. The van der Waals surface area contributed by atoms with Gasteiger partial charge in [-0.15, -0.1) is 0 Å². The number of carbonyl (C=O) groups excluding carboxylic acids is 1. The van der Waals surface area contributed by atoms with Gasteiger partial charge in [0, 0.05) is 68.3 Å². The summed E-state index contributed by atoms with van der Waals surface area (Å²) in [4.78, 5) is 30.1. The van der Waals surface area contributed by atoms with Gasteiger partial charge in [-0.1, -0.05) is 12.0 Å². The molecule has 46 heavy (non-hydrogen) atoms. The zero-order valence-electron chi connectivity index (χ0n) is 26.1. The number of hydrogen-bond donors (Lipinski definition) is 2. The van der Waals surface area contributed by atoms with Gasteiger partial charge in [0.2, 0.25) is 5.95 Å². The number of fused-ring (bicyclic) bond motifs is 1. The lowest BCUT2D eigenvalue weighted by atomic mass is 9.89. The first-order valence-electron chi connectivity index (χ1n) is 15.3. The first-order valence-corrected chi connectivity index (χ1v) is 17.4. The molecule has 244 valence electrons. The normalized spacial score (nSPS) is 23.5. The Labute approximate surface area is 268 Å². The van der Waals surface area contributed by atoms with Crippen molar-refractivity contribution in [2.75, 3.05) is 73.6 Å². The van der Waals surface area contributed by atoms with Crippen LogP contribution in [0.15, 0.2) is 36.7 Å². The van der Waals surface area contributed by atoms with Crippen LogP contribution in [0.25, 0.3) is 10.8 Å². The summed E-state index contributed by atoms with van der Waals surface area (Å²) in [7, 11) is -1.54. The number of hydrogen-bond acceptors (Lipinski definition) is 11. The van der Waals surface area contributed by atoms with Crippen LogP contribution >= 0.6 is 0 Å². The number of benzene rings is 1. The van der Waals surface area contributed by atoms with E-state index < -0.39 is 22.1 Å². The van der Waals surface area contributed by atoms with Crippen molar-refractivity contribution >= 4 is 49.8 Å². The summed E-state index contributed by atoms with van der Waals surface area (Å²) in [6.45, 7) is 4.40. The number of nitrogens with one attached hydrogen (secondary N) is 2. The number of aromatic nitrogens is 3. The van der Waals surface area contributed by atoms with Gasteiger partial charge in [0.1, 0.15) is 27.6 Å². The van der Waals surface area contributed by atoms with Crippen molar-refractivity contribution in [3.05, 3.63) is 42.2 Å². The van der Waals surface area contributed by atoms with E-state index in [1.54, 1.807) is 25.4 Å². The minimum Gasteiger partial charge on any atom is -0.379 e. The molecule has 4 atom stereocenters. The Kier molecular flexibility index (Phi) is 9.26. The average Bonchev–Trinajstić information content (AvgIpc) is 3.45. The van der Waals surface area contributed by atoms with Crippen LogP contribution < -0.4 is 20.4 Å². The lowest BCUT2D eigenvalue weighted by Crippen LogP contribution is -2.49. The Hall–Kier alpha value is -4.06. The summed E-state index contributed by atoms with van der Waals surface area (Å²) in [5.74, 6) is 6.41. The van der Waals surface area contributed by atoms with Crippen LogP contribution in [-0.2, 0) is 24.1 Å². The molecule has 0 spiro atoms. The molecule has 0 bridgehead atoms. The molecule has 5 heterocycles. The number of halogens is 1. The van der Waals surface area contributed by atoms with E-state index in [1.165, 1.54) is 13.4 Å². The molecule has 12 nitrogen and oxygen atoms in total. The van der Waals surface area contributed by atoms with Crippen LogP contribution in [0, 0.1) is 17.8 Å². The van der Waals surface area contributed by atoms with Crippen LogP contribution in [0.5, 0.6) is 0 Å². The lowest BCUT2D eigenvalue weighted by molar-refractivity contribution is -0.116. The molecule has 0 aliphatic carbocycles. The van der Waals surface area contributed by atoms with E-state index in [9.17, 15) is 17.6 Å². The average molecular weight is 652 g/mol. The predicted octanol–water partition coefficient (Wildman–Crippen LogP) is 2.43. The Morgan fingerprint density at radius 3 is 2.70 bits per heavy atom. The summed E-state index contributed by atoms with van der Waals surface area (Å²) >= 11 is 0. The van der Waals surface area contributed by atoms with Crippen molar-refractivity contribution in [2.24, 2.45) is 5.92 Å². The number of pyridine rings is 1. The van der Waals surface area contributed by atoms with Crippen LogP contribution in [0.2, 0.25) is 0 Å². The van der Waals surface area contributed by atoms with Crippen molar-refractivity contribution in [3.8, 4) is 11.8 Å². The van der Waals surface area contributed by atoms with Gasteiger partial charge in [0.15, 0.2) is 0 Å². The Morgan fingerprint density at radius 2 is 1.96 bits per heavy atom. The van der Waals surface area contributed by atoms with E-state index >= 15 is 0 Å². The third kappa shape index (κ3) is 7.01. The Balaban J connectivity index is 1.30. The molecule has 3 fully saturated rings. The zero-order valence-corrected chi connectivity index (χ0v) is 26.9. The number of anilines is 4. The summed E-state index contributed by atoms with van der Waals surface area (Å²) in [6.07, 6.45) is 3.67. The first kappa shape index (κ1) is 31.9. The molecular formula is C32H38FN7O5S. The highest BCUT2D eigenvalue weighted by molar-refractivity contribution is 7.90. The van der Waals surface area contributed by atoms with Crippen LogP contribution in [0.3, 0.4) is 0 Å². The minimum atomic E-state index is -3.07. The molecule has 0 saturated carbocycles. The van der Waals surface area contributed by atoms with Crippen molar-refractivity contribution in [2.45, 2.75) is 37.6 Å². The van der Waals surface area contributed by atoms with Gasteiger partial charge in [-0.2, -0.15) is 4.98 Å². The van der Waals surface area contributed by atoms with E-state index in [0.29, 0.717) is 56.9 Å².